The van der Waals surface area contributed by atoms with Crippen LogP contribution in [0.25, 0.3) is 0 Å². The van der Waals surface area contributed by atoms with Gasteiger partial charge < -0.3 is 21.1 Å². The largest absolute Gasteiger partial charge is 0.481 e. The SMILES string of the molecule is C=C.CC.CNC(=C(C)C)/C(C)=C(C)/C=C(\N)C(=O)Nc1c(C)cc(OC)nc1C. The molecule has 1 amide bonds. The minimum atomic E-state index is -0.362. The average Bonchev–Trinajstić information content (AvgIpc) is 2.73. The zero-order valence-electron chi connectivity index (χ0n) is 20.4. The number of nitrogens with two attached hydrogens (primary N) is 1. The van der Waals surface area contributed by atoms with Gasteiger partial charge in [0.2, 0.25) is 5.88 Å². The van der Waals surface area contributed by atoms with Gasteiger partial charge in [-0.05, 0) is 64.3 Å². The Kier molecular flexibility index (Phi) is 14.5. The molecule has 0 unspecified atom stereocenters. The van der Waals surface area contributed by atoms with Crippen molar-refractivity contribution in [3.8, 4) is 5.88 Å². The zero-order valence-corrected chi connectivity index (χ0v) is 20.4. The van der Waals surface area contributed by atoms with E-state index in [0.29, 0.717) is 17.3 Å². The number of nitrogens with zero attached hydrogens (tertiary/aromatic N) is 1. The van der Waals surface area contributed by atoms with E-state index in [0.717, 1.165) is 28.0 Å². The van der Waals surface area contributed by atoms with E-state index in [1.165, 1.54) is 0 Å². The number of pyridine rings is 1. The van der Waals surface area contributed by atoms with Crippen molar-refractivity contribution in [3.05, 3.63) is 64.7 Å². The van der Waals surface area contributed by atoms with E-state index < -0.39 is 0 Å². The molecule has 0 fully saturated rings. The predicted octanol–water partition coefficient (Wildman–Crippen LogP) is 5.17. The second-order valence-corrected chi connectivity index (χ2v) is 6.43. The molecular weight excluding hydrogens is 376 g/mol. The van der Waals surface area contributed by atoms with Gasteiger partial charge in [-0.1, -0.05) is 19.4 Å². The molecule has 30 heavy (non-hydrogen) atoms. The number of carbonyl (C=O) groups is 1. The summed E-state index contributed by atoms with van der Waals surface area (Å²) in [7, 11) is 3.44. The normalized spacial score (nSPS) is 10.9. The molecule has 4 N–H and O–H groups in total. The molecule has 0 aliphatic carbocycles. The Hall–Kier alpha value is -3.02. The summed E-state index contributed by atoms with van der Waals surface area (Å²) in [4.78, 5) is 16.8. The van der Waals surface area contributed by atoms with Crippen molar-refractivity contribution < 1.29 is 9.53 Å². The second-order valence-electron chi connectivity index (χ2n) is 6.43. The lowest BCUT2D eigenvalue weighted by Crippen LogP contribution is -2.21. The summed E-state index contributed by atoms with van der Waals surface area (Å²) < 4.78 is 5.14. The van der Waals surface area contributed by atoms with Crippen molar-refractivity contribution in [2.45, 2.75) is 55.4 Å². The highest BCUT2D eigenvalue weighted by Gasteiger charge is 2.13. The highest BCUT2D eigenvalue weighted by molar-refractivity contribution is 6.04. The maximum Gasteiger partial charge on any atom is 0.271 e. The van der Waals surface area contributed by atoms with Gasteiger partial charge in [0.1, 0.15) is 0 Å². The zero-order chi connectivity index (χ0) is 24.0. The van der Waals surface area contributed by atoms with E-state index in [1.54, 1.807) is 19.3 Å². The third-order valence-corrected chi connectivity index (χ3v) is 4.17. The molecule has 1 heterocycles. The molecule has 0 aliphatic heterocycles. The number of allylic oxidation sites excluding steroid dienone is 4. The summed E-state index contributed by atoms with van der Waals surface area (Å²) in [6, 6.07) is 1.77. The van der Waals surface area contributed by atoms with Gasteiger partial charge in [-0.25, -0.2) is 4.98 Å². The van der Waals surface area contributed by atoms with Gasteiger partial charge in [0.15, 0.2) is 0 Å². The van der Waals surface area contributed by atoms with Crippen LogP contribution in [0, 0.1) is 13.8 Å². The molecule has 6 heteroatoms. The minimum Gasteiger partial charge on any atom is -0.481 e. The maximum absolute atomic E-state index is 12.5. The smallest absolute Gasteiger partial charge is 0.271 e. The van der Waals surface area contributed by atoms with Crippen LogP contribution in [0.15, 0.2) is 53.4 Å². The first kappa shape index (κ1) is 29.2. The quantitative estimate of drug-likeness (QED) is 0.338. The monoisotopic (exact) mass is 416 g/mol. The molecule has 0 spiro atoms. The third-order valence-electron chi connectivity index (χ3n) is 4.17. The van der Waals surface area contributed by atoms with Gasteiger partial charge >= 0.3 is 0 Å². The lowest BCUT2D eigenvalue weighted by Gasteiger charge is -2.14. The van der Waals surface area contributed by atoms with E-state index in [9.17, 15) is 4.79 Å². The molecule has 168 valence electrons. The van der Waals surface area contributed by atoms with Crippen molar-refractivity contribution in [1.29, 1.82) is 0 Å². The number of ether oxygens (including phenoxy) is 1. The van der Waals surface area contributed by atoms with Crippen molar-refractivity contribution in [2.75, 3.05) is 19.5 Å². The van der Waals surface area contributed by atoms with E-state index in [1.807, 2.05) is 62.4 Å². The summed E-state index contributed by atoms with van der Waals surface area (Å²) in [5.41, 5.74) is 12.5. The number of amides is 1. The number of nitrogens with one attached hydrogen (secondary N) is 2. The molecule has 6 nitrogen and oxygen atoms in total. The highest BCUT2D eigenvalue weighted by atomic mass is 16.5. The molecule has 0 aliphatic rings. The van der Waals surface area contributed by atoms with Crippen LogP contribution in [0.3, 0.4) is 0 Å². The molecule has 0 radical (unpaired) electrons. The Balaban J connectivity index is 0. The molecule has 0 atom stereocenters. The van der Waals surface area contributed by atoms with E-state index in [4.69, 9.17) is 10.5 Å². The standard InChI is InChI=1S/C20H30N4O2.C2H6.C2H4/c1-11(2)18(22-7)14(5)12(3)9-16(21)20(25)24-19-13(4)10-17(26-8)23-15(19)6;2*1-2/h9-10,22H,21H2,1-8H3,(H,24,25);1-2H3;1-2H2/b14-12+,16-9-;;. The molecule has 1 aromatic heterocycles. The first-order valence-electron chi connectivity index (χ1n) is 9.96. The van der Waals surface area contributed by atoms with Gasteiger partial charge in [0, 0.05) is 18.8 Å². The summed E-state index contributed by atoms with van der Waals surface area (Å²) in [6.45, 7) is 21.7. The van der Waals surface area contributed by atoms with Crippen LogP contribution >= 0.6 is 0 Å². The number of rotatable bonds is 6. The fourth-order valence-corrected chi connectivity index (χ4v) is 2.69. The fraction of sp³-hybridized carbons (Fsp3) is 0.417. The Bertz CT molecular complexity index is 778. The molecule has 0 bridgehead atoms. The first-order chi connectivity index (χ1) is 14.1. The van der Waals surface area contributed by atoms with Crippen LogP contribution in [-0.2, 0) is 4.79 Å². The number of hydrogen-bond donors (Lipinski definition) is 3. The van der Waals surface area contributed by atoms with Crippen molar-refractivity contribution in [1.82, 2.24) is 10.3 Å². The van der Waals surface area contributed by atoms with E-state index in [-0.39, 0.29) is 11.6 Å². The number of anilines is 1. The van der Waals surface area contributed by atoms with Crippen LogP contribution in [0.1, 0.15) is 52.8 Å². The summed E-state index contributed by atoms with van der Waals surface area (Å²) in [5, 5.41) is 6.02. The highest BCUT2D eigenvalue weighted by Crippen LogP contribution is 2.23. The molecule has 0 saturated heterocycles. The number of likely N-dealkylation sites (N-methyl/N-ethyl adjacent to an activating group) is 1. The number of aryl methyl sites for hydroxylation is 2. The molecule has 0 saturated carbocycles. The average molecular weight is 417 g/mol. The van der Waals surface area contributed by atoms with Gasteiger partial charge in [0.25, 0.3) is 5.91 Å². The molecule has 1 aromatic rings. The van der Waals surface area contributed by atoms with Crippen molar-refractivity contribution in [2.24, 2.45) is 5.73 Å². The Morgan fingerprint density at radius 2 is 1.70 bits per heavy atom. The lowest BCUT2D eigenvalue weighted by atomic mass is 10.0. The van der Waals surface area contributed by atoms with Gasteiger partial charge in [-0.3, -0.25) is 4.79 Å². The van der Waals surface area contributed by atoms with E-state index >= 15 is 0 Å². The minimum absolute atomic E-state index is 0.140. The topological polar surface area (TPSA) is 89.3 Å². The van der Waals surface area contributed by atoms with Crippen LogP contribution in [-0.4, -0.2) is 25.0 Å². The summed E-state index contributed by atoms with van der Waals surface area (Å²) >= 11 is 0. The van der Waals surface area contributed by atoms with Crippen LogP contribution in [0.2, 0.25) is 0 Å². The second kappa shape index (κ2) is 14.9. The lowest BCUT2D eigenvalue weighted by molar-refractivity contribution is -0.112. The van der Waals surface area contributed by atoms with Gasteiger partial charge in [-0.15, -0.1) is 13.2 Å². The molecule has 0 aromatic carbocycles. The fourth-order valence-electron chi connectivity index (χ4n) is 2.69. The third kappa shape index (κ3) is 8.55. The van der Waals surface area contributed by atoms with Crippen LogP contribution in [0.4, 0.5) is 5.69 Å². The van der Waals surface area contributed by atoms with Gasteiger partial charge in [-0.2, -0.15) is 0 Å². The number of hydrogen-bond acceptors (Lipinski definition) is 5. The summed E-state index contributed by atoms with van der Waals surface area (Å²) in [6.07, 6.45) is 1.69. The van der Waals surface area contributed by atoms with Crippen LogP contribution in [0.5, 0.6) is 5.88 Å². The maximum atomic E-state index is 12.5. The number of carbonyl (C=O) groups excluding carboxylic acids is 1. The number of methoxy groups -OCH3 is 1. The van der Waals surface area contributed by atoms with Crippen molar-refractivity contribution in [3.63, 3.8) is 0 Å². The Morgan fingerprint density at radius 3 is 2.10 bits per heavy atom. The van der Waals surface area contributed by atoms with Crippen LogP contribution < -0.4 is 21.1 Å². The first-order valence-corrected chi connectivity index (χ1v) is 9.96. The summed E-state index contributed by atoms with van der Waals surface area (Å²) in [5.74, 6) is 0.149. The number of aromatic nitrogens is 1. The van der Waals surface area contributed by atoms with Gasteiger partial charge in [0.05, 0.1) is 24.2 Å². The Labute approximate surface area is 183 Å². The predicted molar refractivity (Wildman–Crippen MR) is 130 cm³/mol. The molecule has 1 rings (SSSR count). The Morgan fingerprint density at radius 1 is 1.17 bits per heavy atom. The molecular formula is C24H40N4O2. The van der Waals surface area contributed by atoms with Crippen molar-refractivity contribution >= 4 is 11.6 Å². The van der Waals surface area contributed by atoms with E-state index in [2.05, 4.69) is 28.8 Å².